The number of nitrogens with zero attached hydrogens (tertiary/aromatic N) is 4. The molecule has 0 amide bonds. The van der Waals surface area contributed by atoms with Gasteiger partial charge < -0.3 is 25.2 Å². The van der Waals surface area contributed by atoms with Gasteiger partial charge in [0, 0.05) is 76.2 Å². The summed E-state index contributed by atoms with van der Waals surface area (Å²) in [6.07, 6.45) is 9.03. The van der Waals surface area contributed by atoms with Gasteiger partial charge in [-0.15, -0.1) is 0 Å². The molecule has 0 spiro atoms. The van der Waals surface area contributed by atoms with Crippen molar-refractivity contribution in [3.8, 4) is 5.75 Å². The lowest BCUT2D eigenvalue weighted by Gasteiger charge is -2.43. The van der Waals surface area contributed by atoms with Gasteiger partial charge in [-0.05, 0) is 43.8 Å². The molecule has 0 unspecified atom stereocenters. The van der Waals surface area contributed by atoms with Crippen molar-refractivity contribution in [1.82, 2.24) is 14.7 Å². The third kappa shape index (κ3) is 4.38. The number of hydrogen-bond donors (Lipinski definition) is 1. The van der Waals surface area contributed by atoms with Gasteiger partial charge in [-0.3, -0.25) is 4.90 Å². The lowest BCUT2D eigenvalue weighted by molar-refractivity contribution is 0.0982. The van der Waals surface area contributed by atoms with Crippen molar-refractivity contribution in [2.75, 3.05) is 77.7 Å². The second-order valence-corrected chi connectivity index (χ2v) is 8.58. The molecule has 1 aromatic rings. The molecule has 6 heteroatoms. The molecule has 0 atom stereocenters. The first-order chi connectivity index (χ1) is 14.0. The Balaban J connectivity index is 1.53. The molecule has 0 aliphatic carbocycles. The Hall–Kier alpha value is -2.18. The monoisotopic (exact) mass is 397 g/mol. The number of benzene rings is 1. The number of nitrogen functional groups attached to an aromatic ring is 1. The van der Waals surface area contributed by atoms with Gasteiger partial charge in [-0.1, -0.05) is 6.08 Å². The number of piperazine rings is 1. The molecule has 3 heterocycles. The molecule has 0 saturated carbocycles. The number of ether oxygens (including phenoxy) is 1. The van der Waals surface area contributed by atoms with E-state index in [1.165, 1.54) is 55.8 Å². The van der Waals surface area contributed by atoms with Crippen LogP contribution in [-0.4, -0.2) is 87.8 Å². The number of rotatable bonds is 4. The van der Waals surface area contributed by atoms with Crippen molar-refractivity contribution >= 4 is 16.9 Å². The first-order valence-electron chi connectivity index (χ1n) is 10.8. The van der Waals surface area contributed by atoms with E-state index in [2.05, 4.69) is 64.2 Å². The number of piperidine rings is 1. The van der Waals surface area contributed by atoms with Crippen molar-refractivity contribution in [2.45, 2.75) is 18.9 Å². The highest BCUT2D eigenvalue weighted by molar-refractivity contribution is 5.86. The van der Waals surface area contributed by atoms with Crippen LogP contribution in [0.4, 0.5) is 11.4 Å². The molecule has 29 heavy (non-hydrogen) atoms. The standard InChI is InChI=1S/C23H35N5O/c1-25-8-4-18(5-9-25)20-16-21(24)23(29-3)17-22(20)28-10-6-19(7-11-28)27-14-12-26(2)13-15-27/h4-5,8,16-17,19H,6-7,9-15,24H2,1-3H3. The number of methoxy groups -OCH3 is 1. The average molecular weight is 398 g/mol. The maximum atomic E-state index is 6.28. The van der Waals surface area contributed by atoms with Crippen LogP contribution >= 0.6 is 0 Å². The minimum atomic E-state index is 0.701. The third-order valence-electron chi connectivity index (χ3n) is 6.63. The minimum Gasteiger partial charge on any atom is -0.495 e. The van der Waals surface area contributed by atoms with E-state index in [9.17, 15) is 0 Å². The fourth-order valence-electron chi connectivity index (χ4n) is 4.69. The zero-order valence-corrected chi connectivity index (χ0v) is 18.1. The maximum absolute atomic E-state index is 6.28. The van der Waals surface area contributed by atoms with Gasteiger partial charge in [-0.25, -0.2) is 0 Å². The van der Waals surface area contributed by atoms with Crippen molar-refractivity contribution in [2.24, 2.45) is 0 Å². The van der Waals surface area contributed by atoms with Crippen LogP contribution in [0.5, 0.6) is 5.75 Å². The van der Waals surface area contributed by atoms with Gasteiger partial charge in [0.25, 0.3) is 0 Å². The highest BCUT2D eigenvalue weighted by Gasteiger charge is 2.28. The molecular formula is C23H35N5O. The second-order valence-electron chi connectivity index (χ2n) is 8.58. The highest BCUT2D eigenvalue weighted by Crippen LogP contribution is 2.38. The predicted molar refractivity (Wildman–Crippen MR) is 121 cm³/mol. The summed E-state index contributed by atoms with van der Waals surface area (Å²) < 4.78 is 5.55. The highest BCUT2D eigenvalue weighted by atomic mass is 16.5. The summed E-state index contributed by atoms with van der Waals surface area (Å²) in [7, 11) is 6.02. The van der Waals surface area contributed by atoms with Gasteiger partial charge >= 0.3 is 0 Å². The van der Waals surface area contributed by atoms with Crippen LogP contribution in [0.3, 0.4) is 0 Å². The molecule has 1 aromatic carbocycles. The number of allylic oxidation sites excluding steroid dienone is 2. The SMILES string of the molecule is COc1cc(N2CCC(N3CCN(C)CC3)CC2)c(C2=CCN(C)C=C2)cc1N. The van der Waals surface area contributed by atoms with Crippen LogP contribution in [0, 0.1) is 0 Å². The average Bonchev–Trinajstić information content (AvgIpc) is 2.75. The lowest BCUT2D eigenvalue weighted by Crippen LogP contribution is -2.52. The largest absolute Gasteiger partial charge is 0.495 e. The molecule has 0 bridgehead atoms. The molecular weight excluding hydrogens is 362 g/mol. The Labute approximate surface area is 175 Å². The van der Waals surface area contributed by atoms with Gasteiger partial charge in [0.15, 0.2) is 0 Å². The molecule has 158 valence electrons. The van der Waals surface area contributed by atoms with Crippen molar-refractivity contribution < 1.29 is 4.74 Å². The van der Waals surface area contributed by atoms with E-state index in [-0.39, 0.29) is 0 Å². The molecule has 3 aliphatic heterocycles. The summed E-state index contributed by atoms with van der Waals surface area (Å²) in [5, 5.41) is 0. The molecule has 4 rings (SSSR count). The summed E-state index contributed by atoms with van der Waals surface area (Å²) in [6.45, 7) is 7.86. The summed E-state index contributed by atoms with van der Waals surface area (Å²) >= 11 is 0. The zero-order valence-electron chi connectivity index (χ0n) is 18.1. The molecule has 0 radical (unpaired) electrons. The topological polar surface area (TPSA) is 48.2 Å². The van der Waals surface area contributed by atoms with Gasteiger partial charge in [0.05, 0.1) is 12.8 Å². The van der Waals surface area contributed by atoms with Crippen LogP contribution in [-0.2, 0) is 0 Å². The fourth-order valence-corrected chi connectivity index (χ4v) is 4.69. The number of likely N-dealkylation sites (N-methyl/N-ethyl adjacent to an activating group) is 2. The summed E-state index contributed by atoms with van der Waals surface area (Å²) in [5.41, 5.74) is 10.7. The zero-order chi connectivity index (χ0) is 20.4. The third-order valence-corrected chi connectivity index (χ3v) is 6.63. The van der Waals surface area contributed by atoms with E-state index in [0.29, 0.717) is 11.7 Å². The Bertz CT molecular complexity index is 774. The molecule has 2 saturated heterocycles. The van der Waals surface area contributed by atoms with Gasteiger partial charge in [0.2, 0.25) is 0 Å². The van der Waals surface area contributed by atoms with Crippen LogP contribution in [0.1, 0.15) is 18.4 Å². The smallest absolute Gasteiger partial charge is 0.143 e. The number of nitrogens with two attached hydrogens (primary N) is 1. The van der Waals surface area contributed by atoms with Gasteiger partial charge in [0.1, 0.15) is 5.75 Å². The summed E-state index contributed by atoms with van der Waals surface area (Å²) in [6, 6.07) is 4.93. The van der Waals surface area contributed by atoms with Crippen molar-refractivity contribution in [3.05, 3.63) is 36.0 Å². The molecule has 0 aromatic heterocycles. The Kier molecular flexibility index (Phi) is 6.01. The first-order valence-corrected chi connectivity index (χ1v) is 10.8. The van der Waals surface area contributed by atoms with E-state index >= 15 is 0 Å². The van der Waals surface area contributed by atoms with E-state index in [4.69, 9.17) is 10.5 Å². The molecule has 2 fully saturated rings. The number of anilines is 2. The fraction of sp³-hybridized carbons (Fsp3) is 0.565. The molecule has 3 aliphatic rings. The first kappa shape index (κ1) is 20.1. The van der Waals surface area contributed by atoms with E-state index in [0.717, 1.165) is 25.4 Å². The predicted octanol–water partition coefficient (Wildman–Crippen LogP) is 2.34. The van der Waals surface area contributed by atoms with Crippen LogP contribution in [0.25, 0.3) is 5.57 Å². The van der Waals surface area contributed by atoms with Crippen molar-refractivity contribution in [1.29, 1.82) is 0 Å². The number of hydrogen-bond acceptors (Lipinski definition) is 6. The van der Waals surface area contributed by atoms with Crippen LogP contribution in [0.15, 0.2) is 30.5 Å². The molecule has 2 N–H and O–H groups in total. The minimum absolute atomic E-state index is 0.701. The quantitative estimate of drug-likeness (QED) is 0.787. The maximum Gasteiger partial charge on any atom is 0.143 e. The Morgan fingerprint density at radius 2 is 1.72 bits per heavy atom. The van der Waals surface area contributed by atoms with Gasteiger partial charge in [-0.2, -0.15) is 0 Å². The summed E-state index contributed by atoms with van der Waals surface area (Å²) in [5.74, 6) is 0.766. The Morgan fingerprint density at radius 3 is 2.34 bits per heavy atom. The molecule has 6 nitrogen and oxygen atoms in total. The van der Waals surface area contributed by atoms with E-state index < -0.39 is 0 Å². The van der Waals surface area contributed by atoms with Crippen LogP contribution < -0.4 is 15.4 Å². The normalized spacial score (nSPS) is 22.1. The van der Waals surface area contributed by atoms with Crippen LogP contribution in [0.2, 0.25) is 0 Å². The van der Waals surface area contributed by atoms with E-state index in [1.807, 2.05) is 0 Å². The van der Waals surface area contributed by atoms with E-state index in [1.54, 1.807) is 7.11 Å². The van der Waals surface area contributed by atoms with Crippen molar-refractivity contribution in [3.63, 3.8) is 0 Å². The Morgan fingerprint density at radius 1 is 1.00 bits per heavy atom. The second kappa shape index (κ2) is 8.67. The lowest BCUT2D eigenvalue weighted by atomic mass is 9.96. The summed E-state index contributed by atoms with van der Waals surface area (Å²) in [4.78, 5) is 9.83.